The van der Waals surface area contributed by atoms with Gasteiger partial charge in [0.2, 0.25) is 0 Å². The van der Waals surface area contributed by atoms with E-state index in [4.69, 9.17) is 0 Å². The second-order valence-electron chi connectivity index (χ2n) is 1.67. The zero-order valence-corrected chi connectivity index (χ0v) is 5.01. The van der Waals surface area contributed by atoms with E-state index < -0.39 is 17.8 Å². The zero-order chi connectivity index (χ0) is 8.48. The lowest BCUT2D eigenvalue weighted by atomic mass is 10.4. The Hall–Kier alpha value is -1.33. The molecule has 1 aliphatic heterocycles. The van der Waals surface area contributed by atoms with Crippen LogP contribution in [-0.4, -0.2) is 18.3 Å². The Morgan fingerprint density at radius 2 is 2.09 bits per heavy atom. The van der Waals surface area contributed by atoms with Crippen LogP contribution in [0.4, 0.5) is 13.2 Å². The summed E-state index contributed by atoms with van der Waals surface area (Å²) in [4.78, 5) is 13.0. The van der Waals surface area contributed by atoms with Crippen LogP contribution >= 0.6 is 0 Å². The molecule has 3 nitrogen and oxygen atoms in total. The zero-order valence-electron chi connectivity index (χ0n) is 5.01. The number of nitrogens with zero attached hydrogens (tertiary/aromatic N) is 2. The maximum absolute atomic E-state index is 11.7. The average molecular weight is 162 g/mol. The minimum atomic E-state index is -4.58. The van der Waals surface area contributed by atoms with Gasteiger partial charge < -0.3 is 0 Å². The topological polar surface area (TPSA) is 43.5 Å². The average Bonchev–Trinajstić information content (AvgIpc) is 1.86. The van der Waals surface area contributed by atoms with Gasteiger partial charge in [-0.15, -0.1) is 0 Å². The third-order valence-corrected chi connectivity index (χ3v) is 0.845. The van der Waals surface area contributed by atoms with Crippen molar-refractivity contribution >= 4 is 12.1 Å². The molecule has 0 bridgehead atoms. The minimum Gasteiger partial charge on any atom is -0.266 e. The highest BCUT2D eigenvalue weighted by Gasteiger charge is 2.35. The van der Waals surface area contributed by atoms with Crippen molar-refractivity contribution in [3.05, 3.63) is 11.9 Å². The van der Waals surface area contributed by atoms with E-state index in [0.717, 1.165) is 0 Å². The molecule has 0 aromatic heterocycles. The summed E-state index contributed by atoms with van der Waals surface area (Å²) < 4.78 is 35.1. The highest BCUT2D eigenvalue weighted by molar-refractivity contribution is 6.27. The summed E-state index contributed by atoms with van der Waals surface area (Å²) in [5.41, 5.74) is -1.28. The predicted octanol–water partition coefficient (Wildman–Crippen LogP) is 0.409. The van der Waals surface area contributed by atoms with E-state index in [0.29, 0.717) is 6.21 Å². The maximum atomic E-state index is 11.7. The van der Waals surface area contributed by atoms with Crippen molar-refractivity contribution in [2.45, 2.75) is 6.18 Å². The Kier molecular flexibility index (Phi) is 1.67. The molecule has 2 radical (unpaired) electrons. The summed E-state index contributed by atoms with van der Waals surface area (Å²) in [7, 11) is 0. The molecule has 11 heavy (non-hydrogen) atoms. The molecule has 1 rings (SSSR count). The Morgan fingerprint density at radius 3 is 2.45 bits per heavy atom. The first kappa shape index (κ1) is 7.77. The molecule has 0 saturated carbocycles. The molecule has 0 atom stereocenters. The van der Waals surface area contributed by atoms with Crippen LogP contribution in [0.2, 0.25) is 0 Å². The molecule has 0 spiro atoms. The van der Waals surface area contributed by atoms with Gasteiger partial charge in [0.05, 0.1) is 6.21 Å². The highest BCUT2D eigenvalue weighted by atomic mass is 19.4. The lowest BCUT2D eigenvalue weighted by Gasteiger charge is -2.06. The van der Waals surface area contributed by atoms with Gasteiger partial charge in [0, 0.05) is 0 Å². The summed E-state index contributed by atoms with van der Waals surface area (Å²) in [5, 5.41) is 2.78. The first-order chi connectivity index (χ1) is 5.00. The standard InChI is InChI=1S/C5HF3N2O/c6-5(7,8)3-1-10-4(11)2-9-3/h2H. The number of amides is 1. The largest absolute Gasteiger partial charge is 0.435 e. The van der Waals surface area contributed by atoms with Crippen LogP contribution in [0.15, 0.2) is 10.7 Å². The highest BCUT2D eigenvalue weighted by Crippen LogP contribution is 2.26. The first-order valence-corrected chi connectivity index (χ1v) is 2.49. The summed E-state index contributed by atoms with van der Waals surface area (Å²) in [6.07, 6.45) is -2.61. The van der Waals surface area contributed by atoms with E-state index in [-0.39, 0.29) is 0 Å². The van der Waals surface area contributed by atoms with Crippen LogP contribution in [0, 0.1) is 6.20 Å². The quantitative estimate of drug-likeness (QED) is 0.508. The van der Waals surface area contributed by atoms with Gasteiger partial charge in [-0.05, 0) is 0 Å². The van der Waals surface area contributed by atoms with Gasteiger partial charge in [0.25, 0.3) is 5.91 Å². The molecule has 1 heterocycles. The van der Waals surface area contributed by atoms with E-state index in [2.05, 4.69) is 10.3 Å². The van der Waals surface area contributed by atoms with E-state index in [9.17, 15) is 18.0 Å². The van der Waals surface area contributed by atoms with E-state index in [1.54, 1.807) is 0 Å². The van der Waals surface area contributed by atoms with Gasteiger partial charge >= 0.3 is 6.18 Å². The fourth-order valence-corrected chi connectivity index (χ4v) is 0.422. The molecular formula is C5HF3N2O. The van der Waals surface area contributed by atoms with E-state index >= 15 is 0 Å². The van der Waals surface area contributed by atoms with Crippen LogP contribution < -0.4 is 5.32 Å². The number of alkyl halides is 3. The summed E-state index contributed by atoms with van der Waals surface area (Å²) in [6, 6.07) is 0. The Bertz CT molecular complexity index is 241. The lowest BCUT2D eigenvalue weighted by molar-refractivity contribution is -0.114. The molecule has 0 N–H and O–H groups in total. The van der Waals surface area contributed by atoms with Gasteiger partial charge in [0.15, 0.2) is 5.70 Å². The van der Waals surface area contributed by atoms with Crippen LogP contribution in [0.1, 0.15) is 0 Å². The maximum Gasteiger partial charge on any atom is 0.435 e. The Balaban J connectivity index is 2.79. The molecular weight excluding hydrogens is 161 g/mol. The molecule has 0 aromatic rings. The molecule has 6 heteroatoms. The number of carbonyl (C=O) groups is 1. The van der Waals surface area contributed by atoms with E-state index in [1.165, 1.54) is 6.20 Å². The van der Waals surface area contributed by atoms with Crippen LogP contribution in [0.3, 0.4) is 0 Å². The molecule has 58 valence electrons. The minimum absolute atomic E-state index is 0.499. The third kappa shape index (κ3) is 1.79. The van der Waals surface area contributed by atoms with Crippen molar-refractivity contribution in [3.8, 4) is 0 Å². The molecule has 0 saturated heterocycles. The monoisotopic (exact) mass is 162 g/mol. The van der Waals surface area contributed by atoms with Gasteiger partial charge in [-0.25, -0.2) is 10.3 Å². The van der Waals surface area contributed by atoms with Crippen molar-refractivity contribution in [3.63, 3.8) is 0 Å². The van der Waals surface area contributed by atoms with Crippen molar-refractivity contribution in [2.75, 3.05) is 0 Å². The molecule has 0 aromatic carbocycles. The molecule has 0 fully saturated rings. The number of hydrogen-bond donors (Lipinski definition) is 0. The van der Waals surface area contributed by atoms with E-state index in [1.807, 2.05) is 0 Å². The van der Waals surface area contributed by atoms with Crippen LogP contribution in [0.5, 0.6) is 0 Å². The summed E-state index contributed by atoms with van der Waals surface area (Å²) in [5.74, 6) is -0.835. The SMILES string of the molecule is O=C1C=NC(C(F)(F)F)=[C][N]1. The smallest absolute Gasteiger partial charge is 0.266 e. The van der Waals surface area contributed by atoms with Crippen molar-refractivity contribution in [1.82, 2.24) is 5.32 Å². The van der Waals surface area contributed by atoms with Gasteiger partial charge in [-0.1, -0.05) is 0 Å². The van der Waals surface area contributed by atoms with Crippen LogP contribution in [0.25, 0.3) is 0 Å². The molecule has 1 amide bonds. The van der Waals surface area contributed by atoms with Crippen molar-refractivity contribution < 1.29 is 18.0 Å². The summed E-state index contributed by atoms with van der Waals surface area (Å²) >= 11 is 0. The number of rotatable bonds is 0. The predicted molar refractivity (Wildman–Crippen MR) is 28.4 cm³/mol. The number of allylic oxidation sites excluding steroid dienone is 1. The fraction of sp³-hybridized carbons (Fsp3) is 0.200. The Labute approximate surface area is 59.6 Å². The second-order valence-corrected chi connectivity index (χ2v) is 1.67. The number of halogens is 3. The number of aliphatic imine (C=N–C) groups is 1. The third-order valence-electron chi connectivity index (χ3n) is 0.845. The second kappa shape index (κ2) is 2.37. The van der Waals surface area contributed by atoms with Gasteiger partial charge in [-0.3, -0.25) is 4.79 Å². The normalized spacial score (nSPS) is 17.7. The first-order valence-electron chi connectivity index (χ1n) is 2.49. The molecule has 0 aliphatic carbocycles. The number of hydrogen-bond acceptors (Lipinski definition) is 2. The van der Waals surface area contributed by atoms with Crippen LogP contribution in [-0.2, 0) is 4.79 Å². The van der Waals surface area contributed by atoms with Crippen molar-refractivity contribution in [2.24, 2.45) is 4.99 Å². The Morgan fingerprint density at radius 1 is 1.45 bits per heavy atom. The fourth-order valence-electron chi connectivity index (χ4n) is 0.422. The lowest BCUT2D eigenvalue weighted by Crippen LogP contribution is -2.22. The summed E-state index contributed by atoms with van der Waals surface area (Å²) in [6.45, 7) is 0. The number of carbonyl (C=O) groups excluding carboxylic acids is 1. The van der Waals surface area contributed by atoms with Crippen molar-refractivity contribution in [1.29, 1.82) is 0 Å². The van der Waals surface area contributed by atoms with Gasteiger partial charge in [0.1, 0.15) is 6.20 Å². The molecule has 0 unspecified atom stereocenters. The molecule has 1 aliphatic rings. The van der Waals surface area contributed by atoms with Gasteiger partial charge in [-0.2, -0.15) is 13.2 Å².